The second-order valence-electron chi connectivity index (χ2n) is 4.76. The molecule has 2 rings (SSSR count). The van der Waals surface area contributed by atoms with Crippen molar-refractivity contribution in [3.05, 3.63) is 30.1 Å². The first kappa shape index (κ1) is 13.9. The third-order valence-corrected chi connectivity index (χ3v) is 3.50. The van der Waals surface area contributed by atoms with Crippen LogP contribution in [-0.2, 0) is 4.74 Å². The van der Waals surface area contributed by atoms with E-state index in [4.69, 9.17) is 15.7 Å². The highest BCUT2D eigenvalue weighted by molar-refractivity contribution is 5.12. The van der Waals surface area contributed by atoms with Gasteiger partial charge in [0.25, 0.3) is 0 Å². The van der Waals surface area contributed by atoms with Gasteiger partial charge in [-0.05, 0) is 18.6 Å². The molecule has 3 unspecified atom stereocenters. The van der Waals surface area contributed by atoms with Crippen molar-refractivity contribution in [1.82, 2.24) is 9.88 Å². The fourth-order valence-corrected chi connectivity index (χ4v) is 2.45. The van der Waals surface area contributed by atoms with Crippen LogP contribution in [0.15, 0.2) is 24.4 Å². The summed E-state index contributed by atoms with van der Waals surface area (Å²) in [7, 11) is 0. The Hall–Kier alpha value is -1.48. The highest BCUT2D eigenvalue weighted by Crippen LogP contribution is 2.25. The summed E-state index contributed by atoms with van der Waals surface area (Å²) in [6, 6.07) is 8.09. The molecule has 1 aliphatic rings. The van der Waals surface area contributed by atoms with Gasteiger partial charge in [0.05, 0.1) is 24.4 Å². The average Bonchev–Trinajstić information content (AvgIpc) is 2.48. The number of ether oxygens (including phenoxy) is 1. The molecule has 1 fully saturated rings. The highest BCUT2D eigenvalue weighted by atomic mass is 16.5. The van der Waals surface area contributed by atoms with Crippen LogP contribution in [0.1, 0.15) is 25.1 Å². The van der Waals surface area contributed by atoms with E-state index in [-0.39, 0.29) is 18.2 Å². The third kappa shape index (κ3) is 3.29. The molecule has 1 aliphatic heterocycles. The first-order valence-corrected chi connectivity index (χ1v) is 6.68. The summed E-state index contributed by atoms with van der Waals surface area (Å²) in [4.78, 5) is 6.64. The molecule has 0 saturated carbocycles. The first-order chi connectivity index (χ1) is 9.26. The Morgan fingerprint density at radius 2 is 2.47 bits per heavy atom. The van der Waals surface area contributed by atoms with Crippen molar-refractivity contribution in [3.63, 3.8) is 0 Å². The van der Waals surface area contributed by atoms with Crippen molar-refractivity contribution in [2.75, 3.05) is 19.7 Å². The summed E-state index contributed by atoms with van der Waals surface area (Å²) in [5, 5.41) is 9.01. The van der Waals surface area contributed by atoms with Crippen molar-refractivity contribution >= 4 is 0 Å². The fraction of sp³-hybridized carbons (Fsp3) is 0.571. The maximum Gasteiger partial charge on any atom is 0.156 e. The Morgan fingerprint density at radius 3 is 3.11 bits per heavy atom. The van der Waals surface area contributed by atoms with E-state index < -0.39 is 0 Å². The number of rotatable bonds is 4. The molecule has 2 heterocycles. The first-order valence-electron chi connectivity index (χ1n) is 6.68. The minimum atomic E-state index is -0.371. The minimum absolute atomic E-state index is 0.00680. The van der Waals surface area contributed by atoms with Gasteiger partial charge < -0.3 is 10.5 Å². The van der Waals surface area contributed by atoms with Gasteiger partial charge in [-0.15, -0.1) is 0 Å². The molecular formula is C14H20N4O. The summed E-state index contributed by atoms with van der Waals surface area (Å²) >= 11 is 0. The predicted octanol–water partition coefficient (Wildman–Crippen LogP) is 1.08. The normalized spacial score (nSPS) is 23.5. The SMILES string of the molecule is CCC(N)C(c1ccccn1)N1CCOC(C#N)C1. The molecule has 5 nitrogen and oxygen atoms in total. The maximum atomic E-state index is 9.01. The van der Waals surface area contributed by atoms with Gasteiger partial charge in [-0.1, -0.05) is 13.0 Å². The molecule has 0 bridgehead atoms. The highest BCUT2D eigenvalue weighted by Gasteiger charge is 2.31. The van der Waals surface area contributed by atoms with Gasteiger partial charge in [0.2, 0.25) is 0 Å². The molecule has 0 spiro atoms. The van der Waals surface area contributed by atoms with Crippen LogP contribution >= 0.6 is 0 Å². The maximum absolute atomic E-state index is 9.01. The molecule has 1 aromatic rings. The van der Waals surface area contributed by atoms with E-state index in [0.717, 1.165) is 18.7 Å². The van der Waals surface area contributed by atoms with Crippen LogP contribution in [0, 0.1) is 11.3 Å². The van der Waals surface area contributed by atoms with Gasteiger partial charge in [0.15, 0.2) is 6.10 Å². The Kier molecular flexibility index (Phi) is 4.86. The number of aromatic nitrogens is 1. The van der Waals surface area contributed by atoms with Crippen LogP contribution in [0.4, 0.5) is 0 Å². The zero-order valence-electron chi connectivity index (χ0n) is 11.2. The number of nitriles is 1. The van der Waals surface area contributed by atoms with E-state index in [0.29, 0.717) is 13.2 Å². The molecule has 0 amide bonds. The Labute approximate surface area is 114 Å². The molecular weight excluding hydrogens is 240 g/mol. The minimum Gasteiger partial charge on any atom is -0.361 e. The van der Waals surface area contributed by atoms with Gasteiger partial charge in [-0.25, -0.2) is 0 Å². The van der Waals surface area contributed by atoms with Crippen molar-refractivity contribution in [1.29, 1.82) is 5.26 Å². The number of nitrogens with two attached hydrogens (primary N) is 1. The molecule has 1 saturated heterocycles. The molecule has 0 aromatic carbocycles. The lowest BCUT2D eigenvalue weighted by atomic mass is 9.99. The predicted molar refractivity (Wildman–Crippen MR) is 72.2 cm³/mol. The summed E-state index contributed by atoms with van der Waals surface area (Å²) < 4.78 is 5.39. The largest absolute Gasteiger partial charge is 0.361 e. The van der Waals surface area contributed by atoms with E-state index in [1.165, 1.54) is 0 Å². The Bertz CT molecular complexity index is 431. The van der Waals surface area contributed by atoms with Crippen molar-refractivity contribution in [2.24, 2.45) is 5.73 Å². The smallest absolute Gasteiger partial charge is 0.156 e. The lowest BCUT2D eigenvalue weighted by molar-refractivity contribution is -0.0230. The van der Waals surface area contributed by atoms with Crippen LogP contribution < -0.4 is 5.73 Å². The van der Waals surface area contributed by atoms with E-state index in [2.05, 4.69) is 22.9 Å². The number of pyridine rings is 1. The molecule has 0 radical (unpaired) electrons. The molecule has 0 aliphatic carbocycles. The van der Waals surface area contributed by atoms with Crippen LogP contribution in [0.25, 0.3) is 0 Å². The van der Waals surface area contributed by atoms with Crippen molar-refractivity contribution < 1.29 is 4.74 Å². The van der Waals surface area contributed by atoms with Gasteiger partial charge in [0.1, 0.15) is 0 Å². The molecule has 5 heteroatoms. The van der Waals surface area contributed by atoms with E-state index in [1.807, 2.05) is 18.2 Å². The molecule has 102 valence electrons. The monoisotopic (exact) mass is 260 g/mol. The lowest BCUT2D eigenvalue weighted by Gasteiger charge is -2.38. The van der Waals surface area contributed by atoms with Crippen LogP contribution in [0.5, 0.6) is 0 Å². The molecule has 3 atom stereocenters. The van der Waals surface area contributed by atoms with Crippen LogP contribution in [0.2, 0.25) is 0 Å². The van der Waals surface area contributed by atoms with E-state index in [1.54, 1.807) is 6.20 Å². The Balaban J connectivity index is 2.21. The van der Waals surface area contributed by atoms with Gasteiger partial charge in [-0.3, -0.25) is 9.88 Å². The van der Waals surface area contributed by atoms with Gasteiger partial charge >= 0.3 is 0 Å². The lowest BCUT2D eigenvalue weighted by Crippen LogP contribution is -2.49. The summed E-state index contributed by atoms with van der Waals surface area (Å²) in [5.41, 5.74) is 7.23. The standard InChI is InChI=1S/C14H20N4O/c1-2-12(16)14(13-5-3-4-6-17-13)18-7-8-19-11(9-15)10-18/h3-6,11-12,14H,2,7-8,10,16H2,1H3. The third-order valence-electron chi connectivity index (χ3n) is 3.50. The van der Waals surface area contributed by atoms with Gasteiger partial charge in [0, 0.05) is 25.3 Å². The van der Waals surface area contributed by atoms with E-state index >= 15 is 0 Å². The molecule has 19 heavy (non-hydrogen) atoms. The molecule has 2 N–H and O–H groups in total. The quantitative estimate of drug-likeness (QED) is 0.877. The van der Waals surface area contributed by atoms with E-state index in [9.17, 15) is 0 Å². The second kappa shape index (κ2) is 6.62. The Morgan fingerprint density at radius 1 is 1.63 bits per heavy atom. The topological polar surface area (TPSA) is 75.2 Å². The summed E-state index contributed by atoms with van der Waals surface area (Å²) in [6.07, 6.45) is 2.28. The second-order valence-corrected chi connectivity index (χ2v) is 4.76. The van der Waals surface area contributed by atoms with Gasteiger partial charge in [-0.2, -0.15) is 5.26 Å². The van der Waals surface area contributed by atoms with Crippen molar-refractivity contribution in [2.45, 2.75) is 31.5 Å². The average molecular weight is 260 g/mol. The summed E-state index contributed by atoms with van der Waals surface area (Å²) in [6.45, 7) is 4.01. The van der Waals surface area contributed by atoms with Crippen molar-refractivity contribution in [3.8, 4) is 6.07 Å². The number of nitrogens with zero attached hydrogens (tertiary/aromatic N) is 3. The van der Waals surface area contributed by atoms with Crippen LogP contribution in [0.3, 0.4) is 0 Å². The van der Waals surface area contributed by atoms with Crippen LogP contribution in [-0.4, -0.2) is 41.7 Å². The zero-order chi connectivity index (χ0) is 13.7. The summed E-state index contributed by atoms with van der Waals surface area (Å²) in [5.74, 6) is 0. The molecule has 1 aromatic heterocycles. The number of hydrogen-bond donors (Lipinski definition) is 1. The zero-order valence-corrected chi connectivity index (χ0v) is 11.2. The fourth-order valence-electron chi connectivity index (χ4n) is 2.45. The number of morpholine rings is 1. The number of hydrogen-bond acceptors (Lipinski definition) is 5.